The van der Waals surface area contributed by atoms with E-state index in [9.17, 15) is 17.6 Å². The van der Waals surface area contributed by atoms with Crippen molar-refractivity contribution in [3.63, 3.8) is 0 Å². The van der Waals surface area contributed by atoms with Crippen LogP contribution < -0.4 is 5.32 Å². The van der Waals surface area contributed by atoms with Gasteiger partial charge < -0.3 is 15.0 Å². The second kappa shape index (κ2) is 14.6. The van der Waals surface area contributed by atoms with Gasteiger partial charge in [0.2, 0.25) is 0 Å². The molecule has 8 heteroatoms. The smallest absolute Gasteiger partial charge is 0.315 e. The molecular weight excluding hydrogens is 708 g/mol. The van der Waals surface area contributed by atoms with Crippen LogP contribution in [0.3, 0.4) is 0 Å². The van der Waals surface area contributed by atoms with Crippen molar-refractivity contribution in [1.82, 2.24) is 10.2 Å². The fraction of sp³-hybridized carbons (Fsp3) is 0.851. The standard InChI is InChI=1S/C47H75FN2O4S/c1-10-54-41(51)46(31-48)22-13-33(14-23-46)36-16-20-43(6)38(42(36,4)5)17-21-45(8)39(43)12-11-37-40-35(32(2)3)15-24-47(40,26-25-44(37,45)7)49-27-30-50-28-18-34(19-29-50)55(9,52)53/h13,16,34-35,37-40,49H,2,10-12,14-15,17-31H2,1,3-9H3/t35?,37-,38+,39-,40-,43+,44-,45-,46?,47+/m1/s1. The molecule has 4 saturated carbocycles. The molecule has 0 bridgehead atoms. The molecule has 1 N–H and O–H groups in total. The lowest BCUT2D eigenvalue weighted by molar-refractivity contribution is -0.221. The maximum atomic E-state index is 14.4. The van der Waals surface area contributed by atoms with E-state index in [4.69, 9.17) is 4.74 Å². The van der Waals surface area contributed by atoms with Gasteiger partial charge in [-0.2, -0.15) is 0 Å². The molecule has 0 aromatic rings. The highest BCUT2D eigenvalue weighted by Gasteiger charge is 2.70. The molecule has 6 nitrogen and oxygen atoms in total. The van der Waals surface area contributed by atoms with Gasteiger partial charge in [-0.25, -0.2) is 12.8 Å². The number of ether oxygens (including phenoxy) is 1. The lowest BCUT2D eigenvalue weighted by atomic mass is 9.33. The molecule has 7 aliphatic rings. The van der Waals surface area contributed by atoms with Crippen molar-refractivity contribution in [3.05, 3.63) is 35.5 Å². The third-order valence-corrected chi connectivity index (χ3v) is 20.3. The number of piperidine rings is 1. The molecule has 2 unspecified atom stereocenters. The minimum atomic E-state index is -2.96. The average molecular weight is 783 g/mol. The van der Waals surface area contributed by atoms with E-state index >= 15 is 0 Å². The summed E-state index contributed by atoms with van der Waals surface area (Å²) in [6.07, 6.45) is 20.6. The van der Waals surface area contributed by atoms with Crippen LogP contribution in [0.5, 0.6) is 0 Å². The zero-order chi connectivity index (χ0) is 39.8. The molecule has 10 atom stereocenters. The topological polar surface area (TPSA) is 75.7 Å². The second-order valence-electron chi connectivity index (χ2n) is 21.3. The zero-order valence-electron chi connectivity index (χ0n) is 35.8. The molecule has 7 rings (SSSR count). The molecule has 0 amide bonds. The Morgan fingerprint density at radius 1 is 0.927 bits per heavy atom. The van der Waals surface area contributed by atoms with Crippen molar-refractivity contribution in [3.8, 4) is 0 Å². The monoisotopic (exact) mass is 783 g/mol. The van der Waals surface area contributed by atoms with Crippen molar-refractivity contribution in [1.29, 1.82) is 0 Å². The van der Waals surface area contributed by atoms with Gasteiger partial charge in [0, 0.05) is 24.9 Å². The summed E-state index contributed by atoms with van der Waals surface area (Å²) in [4.78, 5) is 15.3. The lowest BCUT2D eigenvalue weighted by Crippen LogP contribution is -2.68. The maximum Gasteiger partial charge on any atom is 0.315 e. The summed E-state index contributed by atoms with van der Waals surface area (Å²) in [5, 5.41) is 4.09. The molecule has 5 fully saturated rings. The summed E-state index contributed by atoms with van der Waals surface area (Å²) in [7, 11) is -2.96. The number of rotatable bonds is 10. The van der Waals surface area contributed by atoms with Gasteiger partial charge in [-0.3, -0.25) is 4.79 Å². The number of fused-ring (bicyclic) bond motifs is 7. The number of nitrogens with one attached hydrogen (secondary N) is 1. The highest BCUT2D eigenvalue weighted by molar-refractivity contribution is 7.91. The first-order valence-corrected chi connectivity index (χ1v) is 24.2. The van der Waals surface area contributed by atoms with Gasteiger partial charge in [-0.1, -0.05) is 58.9 Å². The van der Waals surface area contributed by atoms with Crippen molar-refractivity contribution < 1.29 is 22.3 Å². The van der Waals surface area contributed by atoms with Crippen LogP contribution in [0.4, 0.5) is 4.39 Å². The second-order valence-corrected chi connectivity index (χ2v) is 23.6. The van der Waals surface area contributed by atoms with Gasteiger partial charge in [-0.05, 0) is 179 Å². The summed E-state index contributed by atoms with van der Waals surface area (Å²) in [6, 6.07) is 0. The number of hydrogen-bond donors (Lipinski definition) is 1. The maximum absolute atomic E-state index is 14.4. The number of alkyl halides is 1. The normalized spacial score (nSPS) is 43.3. The van der Waals surface area contributed by atoms with E-state index < -0.39 is 21.9 Å². The molecule has 1 aliphatic heterocycles. The van der Waals surface area contributed by atoms with Crippen molar-refractivity contribution in [2.75, 3.05) is 45.7 Å². The van der Waals surface area contributed by atoms with E-state index in [1.165, 1.54) is 74.3 Å². The number of sulfone groups is 1. The molecule has 55 heavy (non-hydrogen) atoms. The minimum absolute atomic E-state index is 0.0137. The fourth-order valence-electron chi connectivity index (χ4n) is 15.4. The fourth-order valence-corrected chi connectivity index (χ4v) is 16.5. The number of nitrogens with zero attached hydrogens (tertiary/aromatic N) is 1. The molecular formula is C47H75FN2O4S. The van der Waals surface area contributed by atoms with Crippen LogP contribution >= 0.6 is 0 Å². The Balaban J connectivity index is 1.10. The Morgan fingerprint density at radius 2 is 1.65 bits per heavy atom. The average Bonchev–Trinajstić information content (AvgIpc) is 3.52. The van der Waals surface area contributed by atoms with Crippen LogP contribution in [0.1, 0.15) is 138 Å². The van der Waals surface area contributed by atoms with E-state index in [2.05, 4.69) is 70.5 Å². The van der Waals surface area contributed by atoms with Gasteiger partial charge in [-0.15, -0.1) is 0 Å². The summed E-state index contributed by atoms with van der Waals surface area (Å²) >= 11 is 0. The van der Waals surface area contributed by atoms with E-state index in [-0.39, 0.29) is 38.4 Å². The molecule has 0 spiro atoms. The summed E-state index contributed by atoms with van der Waals surface area (Å²) < 4.78 is 44.0. The number of hydrogen-bond acceptors (Lipinski definition) is 6. The number of halogens is 1. The van der Waals surface area contributed by atoms with Crippen molar-refractivity contribution in [2.45, 2.75) is 149 Å². The number of carbonyl (C=O) groups is 1. The molecule has 1 saturated heterocycles. The van der Waals surface area contributed by atoms with Crippen LogP contribution in [0, 0.1) is 56.7 Å². The van der Waals surface area contributed by atoms with Crippen LogP contribution in [-0.2, 0) is 19.4 Å². The van der Waals surface area contributed by atoms with Gasteiger partial charge in [0.25, 0.3) is 0 Å². The van der Waals surface area contributed by atoms with Crippen molar-refractivity contribution >= 4 is 15.8 Å². The van der Waals surface area contributed by atoms with Gasteiger partial charge in [0.15, 0.2) is 0 Å². The lowest BCUT2D eigenvalue weighted by Gasteiger charge is -2.72. The molecule has 0 aromatic heterocycles. The molecule has 0 aromatic carbocycles. The van der Waals surface area contributed by atoms with Gasteiger partial charge >= 0.3 is 5.97 Å². The summed E-state index contributed by atoms with van der Waals surface area (Å²) in [5.41, 5.74) is 4.08. The van der Waals surface area contributed by atoms with E-state index in [1.807, 2.05) is 0 Å². The highest BCUT2D eigenvalue weighted by Crippen LogP contribution is 2.76. The number of esters is 1. The van der Waals surface area contributed by atoms with E-state index in [1.54, 1.807) is 6.92 Å². The Hall–Kier alpha value is -1.51. The van der Waals surface area contributed by atoms with Crippen LogP contribution in [0.15, 0.2) is 35.5 Å². The first-order chi connectivity index (χ1) is 25.8. The van der Waals surface area contributed by atoms with Crippen LogP contribution in [0.2, 0.25) is 0 Å². The molecule has 310 valence electrons. The Morgan fingerprint density at radius 3 is 2.27 bits per heavy atom. The molecule has 1 heterocycles. The summed E-state index contributed by atoms with van der Waals surface area (Å²) in [5.74, 6) is 2.73. The number of carbonyl (C=O) groups excluding carboxylic acids is 1. The third kappa shape index (κ3) is 6.59. The predicted octanol–water partition coefficient (Wildman–Crippen LogP) is 9.66. The van der Waals surface area contributed by atoms with Crippen molar-refractivity contribution in [2.24, 2.45) is 56.7 Å². The predicted molar refractivity (Wildman–Crippen MR) is 222 cm³/mol. The Bertz CT molecular complexity index is 1680. The molecule has 6 aliphatic carbocycles. The zero-order valence-corrected chi connectivity index (χ0v) is 36.7. The van der Waals surface area contributed by atoms with E-state index in [0.29, 0.717) is 49.0 Å². The first-order valence-electron chi connectivity index (χ1n) is 22.3. The third-order valence-electron chi connectivity index (χ3n) is 18.6. The quantitative estimate of drug-likeness (QED) is 0.176. The van der Waals surface area contributed by atoms with Gasteiger partial charge in [0.1, 0.15) is 16.5 Å². The van der Waals surface area contributed by atoms with Gasteiger partial charge in [0.05, 0.1) is 17.3 Å². The highest BCUT2D eigenvalue weighted by atomic mass is 32.2. The number of likely N-dealkylation sites (tertiary alicyclic amines) is 1. The molecule has 0 radical (unpaired) electrons. The largest absolute Gasteiger partial charge is 0.465 e. The minimum Gasteiger partial charge on any atom is -0.465 e. The SMILES string of the molecule is C=C(C)C1CC[C@]2(NCCN3CCC(S(C)(=O)=O)CC3)CC[C@]3(C)[C@H](CC[C@@H]4[C@@]5(C)CC=C(C6=CCC(CF)(C(=O)OCC)CC6)C(C)(C)[C@@H]5CC[C@]43C)[C@@H]12. The summed E-state index contributed by atoms with van der Waals surface area (Å²) in [6.45, 7) is 25.2. The van der Waals surface area contributed by atoms with Crippen LogP contribution in [0.25, 0.3) is 0 Å². The van der Waals surface area contributed by atoms with E-state index in [0.717, 1.165) is 51.9 Å². The Labute approximate surface area is 334 Å². The number of allylic oxidation sites excluding steroid dienone is 5. The Kier molecular flexibility index (Phi) is 11.1. The van der Waals surface area contributed by atoms with Crippen LogP contribution in [-0.4, -0.2) is 75.8 Å². The first kappa shape index (κ1) is 41.6.